The van der Waals surface area contributed by atoms with E-state index in [1.807, 2.05) is 30.3 Å². The molecule has 0 atom stereocenters. The maximum Gasteiger partial charge on any atom is 0.152 e. The zero-order valence-electron chi connectivity index (χ0n) is 10.4. The molecular weight excluding hydrogens is 258 g/mol. The molecule has 0 radical (unpaired) electrons. The molecule has 1 aromatic heterocycles. The number of rotatable bonds is 3. The Morgan fingerprint density at radius 3 is 2.53 bits per heavy atom. The first-order valence-corrected chi connectivity index (χ1v) is 6.63. The van der Waals surface area contributed by atoms with Crippen molar-refractivity contribution in [2.45, 2.75) is 6.42 Å². The zero-order chi connectivity index (χ0) is 13.2. The van der Waals surface area contributed by atoms with Crippen LogP contribution in [0.4, 0.5) is 0 Å². The number of benzene rings is 2. The molecule has 0 unspecified atom stereocenters. The third kappa shape index (κ3) is 2.37. The number of hydrogen-bond donors (Lipinski definition) is 1. The Morgan fingerprint density at radius 1 is 1.00 bits per heavy atom. The number of fused-ring (bicyclic) bond motifs is 1. The van der Waals surface area contributed by atoms with Crippen LogP contribution in [0.15, 0.2) is 52.9 Å². The minimum atomic E-state index is 0.572. The second-order valence-electron chi connectivity index (χ2n) is 4.49. The molecule has 0 saturated carbocycles. The molecular formula is C16H14ClNO. The van der Waals surface area contributed by atoms with Crippen molar-refractivity contribution in [2.75, 3.05) is 6.54 Å². The first-order chi connectivity index (χ1) is 9.28. The highest BCUT2D eigenvalue weighted by molar-refractivity contribution is 6.35. The molecule has 2 aromatic carbocycles. The summed E-state index contributed by atoms with van der Waals surface area (Å²) in [5.41, 5.74) is 8.53. The van der Waals surface area contributed by atoms with Gasteiger partial charge in [0.1, 0.15) is 5.76 Å². The van der Waals surface area contributed by atoms with E-state index in [0.29, 0.717) is 11.6 Å². The van der Waals surface area contributed by atoms with Gasteiger partial charge in [-0.05, 0) is 35.9 Å². The second kappa shape index (κ2) is 5.08. The van der Waals surface area contributed by atoms with Gasteiger partial charge in [0.05, 0.1) is 5.02 Å². The van der Waals surface area contributed by atoms with Crippen molar-refractivity contribution in [1.29, 1.82) is 0 Å². The van der Waals surface area contributed by atoms with Crippen LogP contribution in [0.5, 0.6) is 0 Å². The molecule has 0 fully saturated rings. The lowest BCUT2D eigenvalue weighted by Gasteiger charge is -2.02. The zero-order valence-corrected chi connectivity index (χ0v) is 11.2. The molecule has 0 amide bonds. The van der Waals surface area contributed by atoms with Gasteiger partial charge in [-0.2, -0.15) is 0 Å². The van der Waals surface area contributed by atoms with Crippen LogP contribution < -0.4 is 5.73 Å². The summed E-state index contributed by atoms with van der Waals surface area (Å²) in [5, 5.41) is 1.66. The SMILES string of the molecule is NCCc1cc2cc(-c3ccccc3)cc(Cl)c2o1. The Labute approximate surface area is 116 Å². The molecule has 0 bridgehead atoms. The lowest BCUT2D eigenvalue weighted by atomic mass is 10.0. The molecule has 96 valence electrons. The van der Waals surface area contributed by atoms with E-state index in [4.69, 9.17) is 21.8 Å². The Morgan fingerprint density at radius 2 is 1.79 bits per heavy atom. The lowest BCUT2D eigenvalue weighted by Crippen LogP contribution is -2.01. The van der Waals surface area contributed by atoms with E-state index in [1.54, 1.807) is 0 Å². The van der Waals surface area contributed by atoms with Gasteiger partial charge in [0.25, 0.3) is 0 Å². The number of nitrogens with two attached hydrogens (primary N) is 1. The number of hydrogen-bond acceptors (Lipinski definition) is 2. The van der Waals surface area contributed by atoms with Gasteiger partial charge in [-0.25, -0.2) is 0 Å². The first-order valence-electron chi connectivity index (χ1n) is 6.25. The minimum Gasteiger partial charge on any atom is -0.459 e. The predicted octanol–water partition coefficient (Wildman–Crippen LogP) is 4.25. The molecule has 0 aliphatic heterocycles. The predicted molar refractivity (Wildman–Crippen MR) is 79.4 cm³/mol. The first kappa shape index (κ1) is 12.3. The summed E-state index contributed by atoms with van der Waals surface area (Å²) in [6, 6.07) is 16.2. The molecule has 0 spiro atoms. The second-order valence-corrected chi connectivity index (χ2v) is 4.90. The summed E-state index contributed by atoms with van der Waals surface area (Å²) in [6.45, 7) is 0.572. The molecule has 3 heteroatoms. The number of furan rings is 1. The van der Waals surface area contributed by atoms with Gasteiger partial charge in [0.2, 0.25) is 0 Å². The van der Waals surface area contributed by atoms with E-state index in [-0.39, 0.29) is 0 Å². The highest BCUT2D eigenvalue weighted by atomic mass is 35.5. The van der Waals surface area contributed by atoms with Crippen LogP contribution in [0.25, 0.3) is 22.1 Å². The fourth-order valence-corrected chi connectivity index (χ4v) is 2.49. The normalized spacial score (nSPS) is 11.1. The summed E-state index contributed by atoms with van der Waals surface area (Å²) >= 11 is 6.30. The number of halogens is 1. The Balaban J connectivity index is 2.13. The summed E-state index contributed by atoms with van der Waals surface area (Å²) in [5.74, 6) is 0.879. The van der Waals surface area contributed by atoms with Crippen LogP contribution in [0, 0.1) is 0 Å². The van der Waals surface area contributed by atoms with Crippen molar-refractivity contribution in [2.24, 2.45) is 5.73 Å². The highest BCUT2D eigenvalue weighted by Crippen LogP contribution is 2.32. The topological polar surface area (TPSA) is 39.2 Å². The van der Waals surface area contributed by atoms with E-state index >= 15 is 0 Å². The van der Waals surface area contributed by atoms with E-state index in [0.717, 1.165) is 34.3 Å². The van der Waals surface area contributed by atoms with Gasteiger partial charge in [-0.15, -0.1) is 0 Å². The van der Waals surface area contributed by atoms with E-state index in [2.05, 4.69) is 18.2 Å². The highest BCUT2D eigenvalue weighted by Gasteiger charge is 2.09. The molecule has 1 heterocycles. The monoisotopic (exact) mass is 271 g/mol. The maximum absolute atomic E-state index is 6.30. The quantitative estimate of drug-likeness (QED) is 0.773. The van der Waals surface area contributed by atoms with E-state index in [9.17, 15) is 0 Å². The van der Waals surface area contributed by atoms with Crippen molar-refractivity contribution in [3.8, 4) is 11.1 Å². The average molecular weight is 272 g/mol. The summed E-state index contributed by atoms with van der Waals surface area (Å²) in [4.78, 5) is 0. The Kier molecular flexibility index (Phi) is 3.28. The van der Waals surface area contributed by atoms with Crippen LogP contribution in [0.1, 0.15) is 5.76 Å². The summed E-state index contributed by atoms with van der Waals surface area (Å²) < 4.78 is 5.72. The molecule has 0 aliphatic carbocycles. The molecule has 3 aromatic rings. The fraction of sp³-hybridized carbons (Fsp3) is 0.125. The largest absolute Gasteiger partial charge is 0.459 e. The molecule has 3 rings (SSSR count). The van der Waals surface area contributed by atoms with Gasteiger partial charge < -0.3 is 10.2 Å². The van der Waals surface area contributed by atoms with Crippen LogP contribution in [-0.2, 0) is 6.42 Å². The van der Waals surface area contributed by atoms with E-state index < -0.39 is 0 Å². The molecule has 2 nitrogen and oxygen atoms in total. The van der Waals surface area contributed by atoms with Crippen molar-refractivity contribution in [3.05, 3.63) is 59.3 Å². The molecule has 0 aliphatic rings. The van der Waals surface area contributed by atoms with Crippen LogP contribution in [0.3, 0.4) is 0 Å². The van der Waals surface area contributed by atoms with Crippen LogP contribution in [0.2, 0.25) is 5.02 Å². The van der Waals surface area contributed by atoms with Crippen LogP contribution >= 0.6 is 11.6 Å². The van der Waals surface area contributed by atoms with Gasteiger partial charge in [-0.3, -0.25) is 0 Å². The Bertz CT molecular complexity index is 703. The van der Waals surface area contributed by atoms with Gasteiger partial charge >= 0.3 is 0 Å². The van der Waals surface area contributed by atoms with Gasteiger partial charge in [0, 0.05) is 11.8 Å². The van der Waals surface area contributed by atoms with Gasteiger partial charge in [0.15, 0.2) is 5.58 Å². The standard InChI is InChI=1S/C16H14ClNO/c17-15-10-12(11-4-2-1-3-5-11)8-13-9-14(6-7-18)19-16(13)15/h1-5,8-10H,6-7,18H2. The molecule has 19 heavy (non-hydrogen) atoms. The van der Waals surface area contributed by atoms with Crippen LogP contribution in [-0.4, -0.2) is 6.54 Å². The Hall–Kier alpha value is -1.77. The minimum absolute atomic E-state index is 0.572. The molecule has 0 saturated heterocycles. The van der Waals surface area contributed by atoms with Crippen molar-refractivity contribution in [1.82, 2.24) is 0 Å². The third-order valence-electron chi connectivity index (χ3n) is 3.12. The summed E-state index contributed by atoms with van der Waals surface area (Å²) in [7, 11) is 0. The third-order valence-corrected chi connectivity index (χ3v) is 3.40. The van der Waals surface area contributed by atoms with Gasteiger partial charge in [-0.1, -0.05) is 41.9 Å². The smallest absolute Gasteiger partial charge is 0.152 e. The van der Waals surface area contributed by atoms with Crippen molar-refractivity contribution in [3.63, 3.8) is 0 Å². The summed E-state index contributed by atoms with van der Waals surface area (Å²) in [6.07, 6.45) is 0.728. The van der Waals surface area contributed by atoms with Crippen molar-refractivity contribution >= 4 is 22.6 Å². The van der Waals surface area contributed by atoms with Crippen molar-refractivity contribution < 1.29 is 4.42 Å². The maximum atomic E-state index is 6.30. The fourth-order valence-electron chi connectivity index (χ4n) is 2.23. The van der Waals surface area contributed by atoms with E-state index in [1.165, 1.54) is 0 Å². The lowest BCUT2D eigenvalue weighted by molar-refractivity contribution is 0.550. The average Bonchev–Trinajstić information content (AvgIpc) is 2.83. The molecule has 2 N–H and O–H groups in total.